The van der Waals surface area contributed by atoms with Crippen LogP contribution in [0.4, 0.5) is 5.82 Å². The first kappa shape index (κ1) is 16.6. The third-order valence-electron chi connectivity index (χ3n) is 4.07. The van der Waals surface area contributed by atoms with E-state index in [-0.39, 0.29) is 23.9 Å². The van der Waals surface area contributed by atoms with Crippen LogP contribution in [0.5, 0.6) is 11.5 Å². The number of nitrogens with zero attached hydrogens (tertiary/aromatic N) is 3. The van der Waals surface area contributed by atoms with Crippen LogP contribution in [-0.4, -0.2) is 24.9 Å². The van der Waals surface area contributed by atoms with Gasteiger partial charge in [0.25, 0.3) is 0 Å². The number of phenols is 2. The van der Waals surface area contributed by atoms with Gasteiger partial charge in [0.1, 0.15) is 11.9 Å². The molecule has 25 heavy (non-hydrogen) atoms. The molecule has 6 heteroatoms. The van der Waals surface area contributed by atoms with Crippen molar-refractivity contribution in [2.24, 2.45) is 0 Å². The number of hydrogen-bond acceptors (Lipinski definition) is 5. The Hall–Kier alpha value is -3.28. The second kappa shape index (κ2) is 6.68. The standard InChI is InChI=1S/C19H17N3O3/c1-12-5-3-4-6-14(12)11-22(25)19-10-20-16(9-21-19)15-8-18(24)17(23)7-13(15)2/h3-10H,11H2,1-2H3,(H-,20,21,23,24,25)/p+1. The number of rotatable bonds is 4. The predicted molar refractivity (Wildman–Crippen MR) is 93.7 cm³/mol. The van der Waals surface area contributed by atoms with E-state index in [1.807, 2.05) is 31.2 Å². The van der Waals surface area contributed by atoms with Crippen LogP contribution in [0.2, 0.25) is 0 Å². The smallest absolute Gasteiger partial charge is 0.379 e. The minimum atomic E-state index is -0.225. The van der Waals surface area contributed by atoms with Gasteiger partial charge in [0.2, 0.25) is 0 Å². The van der Waals surface area contributed by atoms with Crippen molar-refractivity contribution in [3.05, 3.63) is 70.4 Å². The maximum atomic E-state index is 12.3. The number of aromatic hydroxyl groups is 2. The van der Waals surface area contributed by atoms with Gasteiger partial charge in [0.15, 0.2) is 24.2 Å². The van der Waals surface area contributed by atoms with Crippen molar-refractivity contribution in [2.75, 3.05) is 0 Å². The minimum absolute atomic E-state index is 0.185. The van der Waals surface area contributed by atoms with Gasteiger partial charge in [-0.1, -0.05) is 29.2 Å². The largest absolute Gasteiger partial charge is 0.504 e. The third kappa shape index (κ3) is 3.47. The zero-order valence-electron chi connectivity index (χ0n) is 14.0. The van der Waals surface area contributed by atoms with E-state index in [0.717, 1.165) is 21.5 Å². The van der Waals surface area contributed by atoms with E-state index in [1.54, 1.807) is 6.92 Å². The van der Waals surface area contributed by atoms with E-state index >= 15 is 0 Å². The van der Waals surface area contributed by atoms with Crippen molar-refractivity contribution in [1.82, 2.24) is 9.97 Å². The number of hydrogen-bond donors (Lipinski definition) is 2. The molecule has 0 spiro atoms. The molecule has 3 rings (SSSR count). The van der Waals surface area contributed by atoms with E-state index in [4.69, 9.17) is 0 Å². The second-order valence-corrected chi connectivity index (χ2v) is 5.88. The summed E-state index contributed by atoms with van der Waals surface area (Å²) < 4.78 is 0.792. The molecule has 126 valence electrons. The van der Waals surface area contributed by atoms with E-state index in [0.29, 0.717) is 11.3 Å². The zero-order valence-corrected chi connectivity index (χ0v) is 14.0. The second-order valence-electron chi connectivity index (χ2n) is 5.88. The van der Waals surface area contributed by atoms with Gasteiger partial charge in [-0.2, -0.15) is 0 Å². The van der Waals surface area contributed by atoms with Crippen LogP contribution in [0.15, 0.2) is 48.8 Å². The molecule has 3 aromatic rings. The number of phenolic OH excluding ortho intramolecular Hbond substituents is 2. The van der Waals surface area contributed by atoms with Crippen LogP contribution < -0.4 is 0 Å². The Labute approximate surface area is 145 Å². The summed E-state index contributed by atoms with van der Waals surface area (Å²) in [6.07, 6.45) is 2.89. The van der Waals surface area contributed by atoms with Gasteiger partial charge in [-0.3, -0.25) is 0 Å². The van der Waals surface area contributed by atoms with E-state index < -0.39 is 0 Å². The number of nitroso groups, excluding NO2 is 1. The maximum absolute atomic E-state index is 12.3. The van der Waals surface area contributed by atoms with Crippen LogP contribution >= 0.6 is 0 Å². The molecule has 0 radical (unpaired) electrons. The summed E-state index contributed by atoms with van der Waals surface area (Å²) in [5.74, 6) is -0.195. The quantitative estimate of drug-likeness (QED) is 0.559. The lowest BCUT2D eigenvalue weighted by Crippen LogP contribution is -2.05. The molecular weight excluding hydrogens is 318 g/mol. The highest BCUT2D eigenvalue weighted by Gasteiger charge is 2.18. The summed E-state index contributed by atoms with van der Waals surface area (Å²) >= 11 is 0. The molecule has 0 fully saturated rings. The van der Waals surface area contributed by atoms with Gasteiger partial charge in [0.05, 0.1) is 0 Å². The minimum Gasteiger partial charge on any atom is -0.504 e. The Bertz CT molecular complexity index is 937. The lowest BCUT2D eigenvalue weighted by atomic mass is 10.1. The molecule has 0 saturated heterocycles. The molecule has 0 amide bonds. The Morgan fingerprint density at radius 3 is 2.36 bits per heavy atom. The average molecular weight is 336 g/mol. The molecule has 0 bridgehead atoms. The Balaban J connectivity index is 1.84. The first-order valence-corrected chi connectivity index (χ1v) is 7.80. The van der Waals surface area contributed by atoms with Crippen LogP contribution in [0.25, 0.3) is 11.3 Å². The van der Waals surface area contributed by atoms with Gasteiger partial charge in [0, 0.05) is 11.1 Å². The van der Waals surface area contributed by atoms with Gasteiger partial charge in [-0.15, -0.1) is 0 Å². The van der Waals surface area contributed by atoms with E-state index in [2.05, 4.69) is 9.97 Å². The zero-order chi connectivity index (χ0) is 18.0. The van der Waals surface area contributed by atoms with E-state index in [9.17, 15) is 15.1 Å². The van der Waals surface area contributed by atoms with Crippen LogP contribution in [-0.2, 0) is 6.54 Å². The topological polar surface area (TPSA) is 86.3 Å². The fourth-order valence-electron chi connectivity index (χ4n) is 2.57. The molecule has 1 aromatic heterocycles. The number of aromatic nitrogens is 2. The molecule has 0 aliphatic carbocycles. The van der Waals surface area contributed by atoms with Gasteiger partial charge >= 0.3 is 5.82 Å². The monoisotopic (exact) mass is 336 g/mol. The maximum Gasteiger partial charge on any atom is 0.379 e. The summed E-state index contributed by atoms with van der Waals surface area (Å²) in [6, 6.07) is 10.6. The fraction of sp³-hybridized carbons (Fsp3) is 0.158. The molecule has 2 N–H and O–H groups in total. The summed E-state index contributed by atoms with van der Waals surface area (Å²) in [4.78, 5) is 20.8. The molecule has 0 saturated carbocycles. The highest BCUT2D eigenvalue weighted by atomic mass is 16.3. The van der Waals surface area contributed by atoms with E-state index in [1.165, 1.54) is 24.5 Å². The lowest BCUT2D eigenvalue weighted by Gasteiger charge is -2.06. The number of aryl methyl sites for hydroxylation is 2. The highest BCUT2D eigenvalue weighted by Crippen LogP contribution is 2.33. The van der Waals surface area contributed by atoms with Crippen molar-refractivity contribution in [1.29, 1.82) is 0 Å². The molecule has 2 aromatic carbocycles. The van der Waals surface area contributed by atoms with Gasteiger partial charge in [-0.05, 0) is 46.9 Å². The van der Waals surface area contributed by atoms with Gasteiger partial charge < -0.3 is 10.2 Å². The number of benzene rings is 2. The molecular formula is C19H18N3O3+. The molecule has 1 heterocycles. The fourth-order valence-corrected chi connectivity index (χ4v) is 2.57. The summed E-state index contributed by atoms with van der Waals surface area (Å²) in [7, 11) is 0. The summed E-state index contributed by atoms with van der Waals surface area (Å²) in [5.41, 5.74) is 3.88. The van der Waals surface area contributed by atoms with Crippen LogP contribution in [0, 0.1) is 18.8 Å². The van der Waals surface area contributed by atoms with Crippen LogP contribution in [0.3, 0.4) is 0 Å². The highest BCUT2D eigenvalue weighted by molar-refractivity contribution is 5.67. The van der Waals surface area contributed by atoms with Gasteiger partial charge in [-0.25, -0.2) is 4.98 Å². The van der Waals surface area contributed by atoms with Crippen LogP contribution in [0.1, 0.15) is 16.7 Å². The average Bonchev–Trinajstić information content (AvgIpc) is 2.60. The van der Waals surface area contributed by atoms with Crippen molar-refractivity contribution in [3.8, 4) is 22.8 Å². The Morgan fingerprint density at radius 1 is 0.960 bits per heavy atom. The molecule has 0 aliphatic rings. The summed E-state index contributed by atoms with van der Waals surface area (Å²) in [6.45, 7) is 3.94. The molecule has 0 aliphatic heterocycles. The normalized spacial score (nSPS) is 10.6. The molecule has 0 atom stereocenters. The third-order valence-corrected chi connectivity index (χ3v) is 4.07. The molecule has 6 nitrogen and oxygen atoms in total. The summed E-state index contributed by atoms with van der Waals surface area (Å²) in [5, 5.41) is 19.2. The predicted octanol–water partition coefficient (Wildman–Crippen LogP) is 3.78. The van der Waals surface area contributed by atoms with Crippen molar-refractivity contribution in [2.45, 2.75) is 20.4 Å². The Kier molecular flexibility index (Phi) is 4.43. The SMILES string of the molecule is Cc1ccccc1C[N+](=O)c1cnc(-c2cc(O)c(O)cc2C)cn1. The Morgan fingerprint density at radius 2 is 1.68 bits per heavy atom. The first-order chi connectivity index (χ1) is 12.0. The van der Waals surface area contributed by atoms with Crippen molar-refractivity contribution < 1.29 is 15.0 Å². The lowest BCUT2D eigenvalue weighted by molar-refractivity contribution is -0.484. The first-order valence-electron chi connectivity index (χ1n) is 7.80. The molecule has 0 unspecified atom stereocenters. The van der Waals surface area contributed by atoms with Crippen molar-refractivity contribution >= 4 is 5.82 Å². The van der Waals surface area contributed by atoms with Crippen molar-refractivity contribution in [3.63, 3.8) is 0 Å².